The molecule has 0 saturated heterocycles. The third kappa shape index (κ3) is 4.60. The molecule has 1 unspecified atom stereocenters. The first kappa shape index (κ1) is 11.7. The predicted octanol–water partition coefficient (Wildman–Crippen LogP) is 0.679. The first-order chi connectivity index (χ1) is 7.22. The van der Waals surface area contributed by atoms with Gasteiger partial charge in [0.25, 0.3) is 0 Å². The summed E-state index contributed by atoms with van der Waals surface area (Å²) >= 11 is 0. The Bertz CT molecular complexity index is 285. The fourth-order valence-corrected chi connectivity index (χ4v) is 1.29. The third-order valence-electron chi connectivity index (χ3n) is 2.00. The van der Waals surface area contributed by atoms with Gasteiger partial charge in [0.1, 0.15) is 0 Å². The van der Waals surface area contributed by atoms with Crippen LogP contribution >= 0.6 is 0 Å². The molecule has 1 aromatic heterocycles. The number of aromatic nitrogens is 1. The molecule has 0 aromatic carbocycles. The summed E-state index contributed by atoms with van der Waals surface area (Å²) in [7, 11) is 0. The average Bonchev–Trinajstić information content (AvgIpc) is 2.67. The average molecular weight is 211 g/mol. The lowest BCUT2D eigenvalue weighted by Gasteiger charge is -2.11. The van der Waals surface area contributed by atoms with Gasteiger partial charge in [-0.3, -0.25) is 4.79 Å². The fourth-order valence-electron chi connectivity index (χ4n) is 1.29. The summed E-state index contributed by atoms with van der Waals surface area (Å²) in [5.41, 5.74) is 0. The molecule has 0 spiro atoms. The zero-order valence-corrected chi connectivity index (χ0v) is 9.12. The number of nitrogens with one attached hydrogen (secondary N) is 2. The molecule has 0 radical (unpaired) electrons. The maximum Gasteiger partial charge on any atom is 0.221 e. The molecule has 15 heavy (non-hydrogen) atoms. The molecule has 1 heterocycles. The largest absolute Gasteiger partial charge is 0.360 e. The van der Waals surface area contributed by atoms with E-state index in [1.165, 1.54) is 0 Å². The molecule has 5 nitrogen and oxygen atoms in total. The van der Waals surface area contributed by atoms with E-state index in [0.29, 0.717) is 18.7 Å². The van der Waals surface area contributed by atoms with Gasteiger partial charge in [0.15, 0.2) is 5.76 Å². The Morgan fingerprint density at radius 1 is 1.67 bits per heavy atom. The summed E-state index contributed by atoms with van der Waals surface area (Å²) in [4.78, 5) is 11.4. The molecule has 0 aliphatic heterocycles. The second-order valence-electron chi connectivity index (χ2n) is 3.42. The van der Waals surface area contributed by atoms with Crippen LogP contribution in [0.25, 0.3) is 0 Å². The summed E-state index contributed by atoms with van der Waals surface area (Å²) in [6.07, 6.45) is 2.03. The van der Waals surface area contributed by atoms with Gasteiger partial charge >= 0.3 is 0 Å². The molecule has 5 heteroatoms. The molecular formula is C10H17N3O2. The van der Waals surface area contributed by atoms with Gasteiger partial charge in [-0.2, -0.15) is 0 Å². The van der Waals surface area contributed by atoms with E-state index in [1.54, 1.807) is 12.3 Å². The quantitative estimate of drug-likeness (QED) is 0.726. The fraction of sp³-hybridized carbons (Fsp3) is 0.600. The lowest BCUT2D eigenvalue weighted by molar-refractivity contribution is -0.121. The molecule has 1 rings (SSSR count). The van der Waals surface area contributed by atoms with Crippen LogP contribution in [-0.2, 0) is 11.3 Å². The van der Waals surface area contributed by atoms with Crippen molar-refractivity contribution in [1.29, 1.82) is 0 Å². The van der Waals surface area contributed by atoms with Crippen molar-refractivity contribution in [2.45, 2.75) is 32.9 Å². The van der Waals surface area contributed by atoms with Gasteiger partial charge in [0.05, 0.1) is 12.7 Å². The number of carbonyl (C=O) groups is 1. The number of nitrogens with zero attached hydrogens (tertiary/aromatic N) is 1. The second kappa shape index (κ2) is 6.19. The van der Waals surface area contributed by atoms with E-state index >= 15 is 0 Å². The smallest absolute Gasteiger partial charge is 0.221 e. The van der Waals surface area contributed by atoms with Crippen LogP contribution in [0.4, 0.5) is 0 Å². The van der Waals surface area contributed by atoms with Crippen molar-refractivity contribution in [3.8, 4) is 0 Å². The van der Waals surface area contributed by atoms with E-state index in [4.69, 9.17) is 4.52 Å². The standard InChI is InChI=1S/C10H17N3O2/c1-3-11-8(2)6-10(14)12-7-9-4-5-13-15-9/h4-5,8,11H,3,6-7H2,1-2H3,(H,12,14). The van der Waals surface area contributed by atoms with Crippen molar-refractivity contribution in [2.75, 3.05) is 6.54 Å². The van der Waals surface area contributed by atoms with E-state index in [2.05, 4.69) is 15.8 Å². The Labute approximate surface area is 89.2 Å². The van der Waals surface area contributed by atoms with Gasteiger partial charge in [-0.15, -0.1) is 0 Å². The maximum absolute atomic E-state index is 11.4. The monoisotopic (exact) mass is 211 g/mol. The molecule has 0 fully saturated rings. The van der Waals surface area contributed by atoms with Crippen LogP contribution in [0.2, 0.25) is 0 Å². The summed E-state index contributed by atoms with van der Waals surface area (Å²) in [6, 6.07) is 1.93. The lowest BCUT2D eigenvalue weighted by Crippen LogP contribution is -2.33. The minimum Gasteiger partial charge on any atom is -0.360 e. The SMILES string of the molecule is CCNC(C)CC(=O)NCc1ccno1. The zero-order chi connectivity index (χ0) is 11.1. The second-order valence-corrected chi connectivity index (χ2v) is 3.42. The predicted molar refractivity (Wildman–Crippen MR) is 56.1 cm³/mol. The van der Waals surface area contributed by atoms with E-state index < -0.39 is 0 Å². The van der Waals surface area contributed by atoms with Crippen molar-refractivity contribution in [2.24, 2.45) is 0 Å². The molecule has 1 aromatic rings. The number of hydrogen-bond donors (Lipinski definition) is 2. The molecule has 0 aliphatic rings. The summed E-state index contributed by atoms with van der Waals surface area (Å²) in [5, 5.41) is 9.49. The van der Waals surface area contributed by atoms with Gasteiger partial charge in [-0.1, -0.05) is 12.1 Å². The van der Waals surface area contributed by atoms with Crippen LogP contribution < -0.4 is 10.6 Å². The Balaban J connectivity index is 2.19. The van der Waals surface area contributed by atoms with Crippen LogP contribution in [0.15, 0.2) is 16.8 Å². The number of rotatable bonds is 6. The molecule has 0 saturated carbocycles. The van der Waals surface area contributed by atoms with E-state index in [0.717, 1.165) is 6.54 Å². The van der Waals surface area contributed by atoms with E-state index in [9.17, 15) is 4.79 Å². The van der Waals surface area contributed by atoms with Gasteiger partial charge in [-0.05, 0) is 13.5 Å². The minimum absolute atomic E-state index is 0.0138. The van der Waals surface area contributed by atoms with Crippen molar-refractivity contribution >= 4 is 5.91 Å². The molecule has 0 bridgehead atoms. The summed E-state index contributed by atoms with van der Waals surface area (Å²) < 4.78 is 4.86. The summed E-state index contributed by atoms with van der Waals surface area (Å²) in [5.74, 6) is 0.680. The maximum atomic E-state index is 11.4. The van der Waals surface area contributed by atoms with Crippen molar-refractivity contribution < 1.29 is 9.32 Å². The number of carbonyl (C=O) groups excluding carboxylic acids is 1. The Kier molecular flexibility index (Phi) is 4.83. The Morgan fingerprint density at radius 3 is 3.07 bits per heavy atom. The van der Waals surface area contributed by atoms with Crippen LogP contribution in [0.5, 0.6) is 0 Å². The zero-order valence-electron chi connectivity index (χ0n) is 9.12. The molecular weight excluding hydrogens is 194 g/mol. The molecule has 84 valence electrons. The lowest BCUT2D eigenvalue weighted by atomic mass is 10.2. The Morgan fingerprint density at radius 2 is 2.47 bits per heavy atom. The van der Waals surface area contributed by atoms with Crippen LogP contribution in [0.3, 0.4) is 0 Å². The highest BCUT2D eigenvalue weighted by Crippen LogP contribution is 1.96. The highest BCUT2D eigenvalue weighted by atomic mass is 16.5. The molecule has 0 aliphatic carbocycles. The normalized spacial score (nSPS) is 12.4. The third-order valence-corrected chi connectivity index (χ3v) is 2.00. The van der Waals surface area contributed by atoms with Crippen molar-refractivity contribution in [3.63, 3.8) is 0 Å². The van der Waals surface area contributed by atoms with Crippen LogP contribution in [0, 0.1) is 0 Å². The van der Waals surface area contributed by atoms with Crippen molar-refractivity contribution in [1.82, 2.24) is 15.8 Å². The highest BCUT2D eigenvalue weighted by Gasteiger charge is 2.07. The van der Waals surface area contributed by atoms with Gasteiger partial charge in [0.2, 0.25) is 5.91 Å². The Hall–Kier alpha value is -1.36. The minimum atomic E-state index is 0.0138. The van der Waals surface area contributed by atoms with Gasteiger partial charge in [0, 0.05) is 18.5 Å². The molecule has 1 amide bonds. The first-order valence-corrected chi connectivity index (χ1v) is 5.12. The number of amides is 1. The number of hydrogen-bond acceptors (Lipinski definition) is 4. The van der Waals surface area contributed by atoms with E-state index in [-0.39, 0.29) is 11.9 Å². The highest BCUT2D eigenvalue weighted by molar-refractivity contribution is 5.76. The molecule has 2 N–H and O–H groups in total. The molecule has 1 atom stereocenters. The van der Waals surface area contributed by atoms with Crippen molar-refractivity contribution in [3.05, 3.63) is 18.0 Å². The van der Waals surface area contributed by atoms with Crippen LogP contribution in [-0.4, -0.2) is 23.7 Å². The van der Waals surface area contributed by atoms with Gasteiger partial charge < -0.3 is 15.2 Å². The topological polar surface area (TPSA) is 67.2 Å². The summed E-state index contributed by atoms with van der Waals surface area (Å²) in [6.45, 7) is 5.27. The first-order valence-electron chi connectivity index (χ1n) is 5.12. The van der Waals surface area contributed by atoms with Gasteiger partial charge in [-0.25, -0.2) is 0 Å². The van der Waals surface area contributed by atoms with Crippen LogP contribution in [0.1, 0.15) is 26.0 Å². The van der Waals surface area contributed by atoms with E-state index in [1.807, 2.05) is 13.8 Å².